The number of carboxylic acids is 1. The van der Waals surface area contributed by atoms with Crippen LogP contribution >= 0.6 is 0 Å². The van der Waals surface area contributed by atoms with E-state index in [1.54, 1.807) is 6.07 Å². The number of carbonyl (C=O) groups excluding carboxylic acids is 2. The minimum absolute atomic E-state index is 0. The van der Waals surface area contributed by atoms with Crippen molar-refractivity contribution in [1.29, 1.82) is 5.26 Å². The van der Waals surface area contributed by atoms with Gasteiger partial charge in [0.25, 0.3) is 5.91 Å². The van der Waals surface area contributed by atoms with Crippen LogP contribution in [0.2, 0.25) is 0 Å². The third kappa shape index (κ3) is 8.52. The first kappa shape index (κ1) is 29.7. The number of aryl methyl sites for hydroxylation is 1. The number of nitrogens with zero attached hydrogens (tertiary/aromatic N) is 2. The van der Waals surface area contributed by atoms with Crippen LogP contribution in [0.4, 0.5) is 0 Å². The summed E-state index contributed by atoms with van der Waals surface area (Å²) in [4.78, 5) is 27.0. The molecule has 0 heterocycles. The van der Waals surface area contributed by atoms with E-state index in [0.29, 0.717) is 5.56 Å². The molecule has 2 aromatic carbocycles. The maximum atomic E-state index is 13.1. The van der Waals surface area contributed by atoms with E-state index in [9.17, 15) is 14.7 Å². The summed E-state index contributed by atoms with van der Waals surface area (Å²) < 4.78 is 0. The molecule has 3 rings (SSSR count). The molecule has 0 radical (unpaired) electrons. The molecule has 0 unspecified atom stereocenters. The minimum atomic E-state index is -1.39. The number of hydrogen-bond acceptors (Lipinski definition) is 5. The van der Waals surface area contributed by atoms with Gasteiger partial charge < -0.3 is 20.1 Å². The van der Waals surface area contributed by atoms with E-state index in [-0.39, 0.29) is 31.7 Å². The molecule has 0 aliphatic heterocycles. The Hall–Kier alpha value is -2.57. The van der Waals surface area contributed by atoms with Crippen molar-refractivity contribution >= 4 is 11.9 Å². The third-order valence-corrected chi connectivity index (χ3v) is 6.99. The predicted molar refractivity (Wildman–Crippen MR) is 135 cm³/mol. The molecule has 1 N–H and O–H groups in total. The molecule has 0 saturated heterocycles. The molecule has 36 heavy (non-hydrogen) atoms. The molecule has 6 nitrogen and oxygen atoms in total. The molecule has 7 heteroatoms. The van der Waals surface area contributed by atoms with Crippen molar-refractivity contribution in [3.63, 3.8) is 0 Å². The second-order valence-electron chi connectivity index (χ2n) is 9.77. The Morgan fingerprint density at radius 3 is 2.53 bits per heavy atom. The van der Waals surface area contributed by atoms with Crippen molar-refractivity contribution in [1.82, 2.24) is 10.2 Å². The standard InChI is InChI=1S/C29H37N3O3.Li/c1-21-9-6-7-12-24(21)26-19-23(20-32(2)18-16-22-10-4-3-5-11-22)14-15-25(26)28(33)31-27(29(34)35)13-8-17-30;/h6-7,9,12,14-15,19,22,27H,3-5,8,10-11,13,16,18,20H2,1-2H3,(H,31,33)(H,34,35);/q;+1/p-1/t27-;/m0./s1. The Kier molecular flexibility index (Phi) is 12.2. The van der Waals surface area contributed by atoms with E-state index in [4.69, 9.17) is 5.26 Å². The molecular formula is C29H36LiN3O3. The minimum Gasteiger partial charge on any atom is -0.548 e. The summed E-state index contributed by atoms with van der Waals surface area (Å²) in [6.45, 7) is 3.81. The predicted octanol–water partition coefficient (Wildman–Crippen LogP) is 1.22. The van der Waals surface area contributed by atoms with Crippen LogP contribution < -0.4 is 29.3 Å². The van der Waals surface area contributed by atoms with Gasteiger partial charge in [-0.25, -0.2) is 0 Å². The Labute approximate surface area is 227 Å². The quantitative estimate of drug-likeness (QED) is 0.487. The van der Waals surface area contributed by atoms with Crippen LogP contribution in [0.1, 0.15) is 72.9 Å². The van der Waals surface area contributed by atoms with E-state index in [1.165, 1.54) is 38.5 Å². The van der Waals surface area contributed by atoms with Gasteiger partial charge in [0, 0.05) is 18.5 Å². The second kappa shape index (κ2) is 14.9. The van der Waals surface area contributed by atoms with E-state index >= 15 is 0 Å². The smallest absolute Gasteiger partial charge is 0.548 e. The molecule has 1 fully saturated rings. The van der Waals surface area contributed by atoms with Crippen LogP contribution in [0.25, 0.3) is 11.1 Å². The maximum absolute atomic E-state index is 13.1. The number of benzene rings is 2. The first-order chi connectivity index (χ1) is 16.9. The Balaban J connectivity index is 0.00000456. The van der Waals surface area contributed by atoms with Crippen LogP contribution in [0.15, 0.2) is 42.5 Å². The average molecular weight is 482 g/mol. The number of rotatable bonds is 11. The van der Waals surface area contributed by atoms with Gasteiger partial charge in [-0.05, 0) is 73.7 Å². The first-order valence-electron chi connectivity index (χ1n) is 12.6. The zero-order chi connectivity index (χ0) is 25.2. The van der Waals surface area contributed by atoms with Crippen LogP contribution in [-0.4, -0.2) is 36.4 Å². The Morgan fingerprint density at radius 2 is 1.86 bits per heavy atom. The van der Waals surface area contributed by atoms with Gasteiger partial charge in [0.1, 0.15) is 0 Å². The topological polar surface area (TPSA) is 96.3 Å². The van der Waals surface area contributed by atoms with Crippen molar-refractivity contribution in [2.24, 2.45) is 5.92 Å². The van der Waals surface area contributed by atoms with E-state index in [1.807, 2.05) is 49.4 Å². The summed E-state index contributed by atoms with van der Waals surface area (Å²) in [7, 11) is 2.14. The van der Waals surface area contributed by atoms with Crippen molar-refractivity contribution in [2.45, 2.75) is 70.9 Å². The van der Waals surface area contributed by atoms with Gasteiger partial charge in [0.05, 0.1) is 18.1 Å². The summed E-state index contributed by atoms with van der Waals surface area (Å²) >= 11 is 0. The zero-order valence-electron chi connectivity index (χ0n) is 21.9. The normalized spacial score (nSPS) is 14.5. The van der Waals surface area contributed by atoms with Gasteiger partial charge >= 0.3 is 18.9 Å². The molecule has 0 aromatic heterocycles. The molecule has 1 aliphatic rings. The summed E-state index contributed by atoms with van der Waals surface area (Å²) in [5, 5.41) is 22.8. The van der Waals surface area contributed by atoms with E-state index in [2.05, 4.69) is 17.3 Å². The number of nitrogens with one attached hydrogen (secondary N) is 1. The van der Waals surface area contributed by atoms with Gasteiger partial charge in [-0.15, -0.1) is 0 Å². The first-order valence-corrected chi connectivity index (χ1v) is 12.6. The second-order valence-corrected chi connectivity index (χ2v) is 9.77. The molecular weight excluding hydrogens is 445 g/mol. The monoisotopic (exact) mass is 481 g/mol. The van der Waals surface area contributed by atoms with Crippen molar-refractivity contribution in [2.75, 3.05) is 13.6 Å². The van der Waals surface area contributed by atoms with Gasteiger partial charge in [-0.1, -0.05) is 62.4 Å². The number of carboxylic acid groups (broad SMARTS) is 1. The largest absolute Gasteiger partial charge is 1.00 e. The SMILES string of the molecule is Cc1ccccc1-c1cc(CN(C)CCC2CCCCC2)ccc1C(=O)N[C@@H](CCC#N)C(=O)[O-].[Li+]. The Bertz CT molecular complexity index is 1060. The fraction of sp³-hybridized carbons (Fsp3) is 0.483. The van der Waals surface area contributed by atoms with Crippen LogP contribution in [0, 0.1) is 24.2 Å². The molecule has 1 atom stereocenters. The Morgan fingerprint density at radius 1 is 1.14 bits per heavy atom. The van der Waals surface area contributed by atoms with Crippen LogP contribution in [-0.2, 0) is 11.3 Å². The molecule has 1 aliphatic carbocycles. The van der Waals surface area contributed by atoms with Gasteiger partial charge in [0.2, 0.25) is 0 Å². The summed E-state index contributed by atoms with van der Waals surface area (Å²) in [6, 6.07) is 14.3. The van der Waals surface area contributed by atoms with Gasteiger partial charge in [-0.3, -0.25) is 4.79 Å². The third-order valence-electron chi connectivity index (χ3n) is 6.99. The van der Waals surface area contributed by atoms with Crippen molar-refractivity contribution < 1.29 is 33.6 Å². The number of amides is 1. The average Bonchev–Trinajstić information content (AvgIpc) is 2.86. The van der Waals surface area contributed by atoms with Gasteiger partial charge in [-0.2, -0.15) is 5.26 Å². The summed E-state index contributed by atoms with van der Waals surface area (Å²) in [6.07, 6.45) is 8.02. The zero-order valence-corrected chi connectivity index (χ0v) is 21.9. The fourth-order valence-electron chi connectivity index (χ4n) is 4.95. The number of aliphatic carboxylic acids is 1. The molecule has 0 bridgehead atoms. The summed E-state index contributed by atoms with van der Waals surface area (Å²) in [5.41, 5.74) is 4.26. The number of nitriles is 1. The molecule has 1 saturated carbocycles. The number of hydrogen-bond donors (Lipinski definition) is 1. The van der Waals surface area contributed by atoms with Crippen LogP contribution in [0.3, 0.4) is 0 Å². The molecule has 0 spiro atoms. The van der Waals surface area contributed by atoms with Gasteiger partial charge in [0.15, 0.2) is 0 Å². The number of carbonyl (C=O) groups is 2. The van der Waals surface area contributed by atoms with Crippen LogP contribution in [0.5, 0.6) is 0 Å². The molecule has 1 amide bonds. The maximum Gasteiger partial charge on any atom is 1.00 e. The summed E-state index contributed by atoms with van der Waals surface area (Å²) in [5.74, 6) is -1.03. The van der Waals surface area contributed by atoms with Crippen molar-refractivity contribution in [3.05, 3.63) is 59.2 Å². The fourth-order valence-corrected chi connectivity index (χ4v) is 4.95. The van der Waals surface area contributed by atoms with E-state index < -0.39 is 17.9 Å². The molecule has 2 aromatic rings. The molecule has 186 valence electrons. The van der Waals surface area contributed by atoms with E-state index in [0.717, 1.165) is 41.3 Å². The van der Waals surface area contributed by atoms with Crippen molar-refractivity contribution in [3.8, 4) is 17.2 Å².